The average Bonchev–Trinajstić information content (AvgIpc) is 2.53. The van der Waals surface area contributed by atoms with Crippen LogP contribution in [0.2, 0.25) is 0 Å². The molecule has 4 nitrogen and oxygen atoms in total. The molecule has 0 atom stereocenters. The van der Waals surface area contributed by atoms with Gasteiger partial charge >= 0.3 is 0 Å². The topological polar surface area (TPSA) is 62.1 Å². The van der Waals surface area contributed by atoms with Gasteiger partial charge in [-0.3, -0.25) is 4.79 Å². The van der Waals surface area contributed by atoms with Crippen LogP contribution < -0.4 is 10.1 Å². The van der Waals surface area contributed by atoms with Crippen LogP contribution in [0.4, 0.5) is 5.69 Å². The van der Waals surface area contributed by atoms with Crippen molar-refractivity contribution in [2.24, 2.45) is 0 Å². The zero-order chi connectivity index (χ0) is 15.9. The summed E-state index contributed by atoms with van der Waals surface area (Å²) in [5.74, 6) is 0.265. The third-order valence-electron chi connectivity index (χ3n) is 2.90. The number of carbonyl (C=O) groups is 1. The minimum absolute atomic E-state index is 0.275. The molecule has 0 aliphatic heterocycles. The molecule has 0 unspecified atom stereocenters. The van der Waals surface area contributed by atoms with Gasteiger partial charge in [-0.1, -0.05) is 28.9 Å². The number of nitrogens with one attached hydrogen (secondary N) is 1. The van der Waals surface area contributed by atoms with E-state index < -0.39 is 0 Å². The lowest BCUT2D eigenvalue weighted by molar-refractivity contribution is 0.102. The highest BCUT2D eigenvalue weighted by molar-refractivity contribution is 9.10. The van der Waals surface area contributed by atoms with Crippen molar-refractivity contribution in [3.05, 3.63) is 58.1 Å². The first-order valence-corrected chi connectivity index (χ1v) is 7.67. The van der Waals surface area contributed by atoms with Gasteiger partial charge in [0.15, 0.2) is 0 Å². The van der Waals surface area contributed by atoms with Crippen molar-refractivity contribution in [1.29, 1.82) is 5.26 Å². The highest BCUT2D eigenvalue weighted by atomic mass is 79.9. The number of benzene rings is 2. The Bertz CT molecular complexity index is 723. The normalized spacial score (nSPS) is 9.86. The van der Waals surface area contributed by atoms with Crippen LogP contribution in [-0.4, -0.2) is 12.5 Å². The minimum Gasteiger partial charge on any atom is -0.493 e. The van der Waals surface area contributed by atoms with Crippen LogP contribution in [0.25, 0.3) is 0 Å². The van der Waals surface area contributed by atoms with Gasteiger partial charge in [-0.15, -0.1) is 0 Å². The van der Waals surface area contributed by atoms with Crippen molar-refractivity contribution in [3.8, 4) is 11.8 Å². The molecular weight excluding hydrogens is 344 g/mol. The molecule has 2 aromatic carbocycles. The van der Waals surface area contributed by atoms with E-state index in [0.29, 0.717) is 29.2 Å². The predicted molar refractivity (Wildman–Crippen MR) is 89.0 cm³/mol. The summed E-state index contributed by atoms with van der Waals surface area (Å²) in [6, 6.07) is 14.1. The maximum Gasteiger partial charge on any atom is 0.259 e. The van der Waals surface area contributed by atoms with E-state index >= 15 is 0 Å². The minimum atomic E-state index is -0.275. The number of hydrogen-bond acceptors (Lipinski definition) is 3. The van der Waals surface area contributed by atoms with E-state index in [2.05, 4.69) is 21.2 Å². The second kappa shape index (κ2) is 7.62. The molecule has 0 spiro atoms. The van der Waals surface area contributed by atoms with Gasteiger partial charge in [-0.05, 0) is 42.8 Å². The maximum atomic E-state index is 12.5. The Morgan fingerprint density at radius 2 is 2.14 bits per heavy atom. The van der Waals surface area contributed by atoms with Gasteiger partial charge < -0.3 is 10.1 Å². The van der Waals surface area contributed by atoms with Crippen molar-refractivity contribution in [2.45, 2.75) is 13.3 Å². The molecule has 112 valence electrons. The molecule has 0 aromatic heterocycles. The molecule has 0 radical (unpaired) electrons. The number of rotatable bonds is 5. The highest BCUT2D eigenvalue weighted by Gasteiger charge is 2.14. The standard InChI is InChI=1S/C17H15BrN2O2/c1-2-8-22-16-7-6-13(18)10-15(16)17(21)20-14-5-3-4-12(9-14)11-19/h3-7,9-10H,2,8H2,1H3,(H,20,21). The van der Waals surface area contributed by atoms with E-state index in [0.717, 1.165) is 10.9 Å². The van der Waals surface area contributed by atoms with Gasteiger partial charge in [0.2, 0.25) is 0 Å². The molecule has 0 saturated carbocycles. The van der Waals surface area contributed by atoms with Crippen LogP contribution in [-0.2, 0) is 0 Å². The Morgan fingerprint density at radius 1 is 1.32 bits per heavy atom. The summed E-state index contributed by atoms with van der Waals surface area (Å²) in [5.41, 5.74) is 1.52. The number of amides is 1. The van der Waals surface area contributed by atoms with Crippen molar-refractivity contribution in [3.63, 3.8) is 0 Å². The van der Waals surface area contributed by atoms with Crippen LogP contribution in [0, 0.1) is 11.3 Å². The number of nitriles is 1. The Hall–Kier alpha value is -2.32. The van der Waals surface area contributed by atoms with E-state index in [1.807, 2.05) is 19.1 Å². The largest absolute Gasteiger partial charge is 0.493 e. The summed E-state index contributed by atoms with van der Waals surface area (Å²) in [6.07, 6.45) is 0.862. The van der Waals surface area contributed by atoms with Gasteiger partial charge in [0.25, 0.3) is 5.91 Å². The SMILES string of the molecule is CCCOc1ccc(Br)cc1C(=O)Nc1cccc(C#N)c1. The van der Waals surface area contributed by atoms with Crippen LogP contribution in [0.3, 0.4) is 0 Å². The number of ether oxygens (including phenoxy) is 1. The number of halogens is 1. The van der Waals surface area contributed by atoms with Crippen molar-refractivity contribution >= 4 is 27.5 Å². The molecular formula is C17H15BrN2O2. The monoisotopic (exact) mass is 358 g/mol. The van der Waals surface area contributed by atoms with Crippen molar-refractivity contribution < 1.29 is 9.53 Å². The average molecular weight is 359 g/mol. The molecule has 0 bridgehead atoms. The van der Waals surface area contributed by atoms with E-state index in [-0.39, 0.29) is 5.91 Å². The quantitative estimate of drug-likeness (QED) is 0.863. The Kier molecular flexibility index (Phi) is 5.56. The highest BCUT2D eigenvalue weighted by Crippen LogP contribution is 2.24. The molecule has 22 heavy (non-hydrogen) atoms. The first kappa shape index (κ1) is 16.1. The Labute approximate surface area is 137 Å². The van der Waals surface area contributed by atoms with E-state index in [4.69, 9.17) is 10.00 Å². The van der Waals surface area contributed by atoms with E-state index in [1.165, 1.54) is 0 Å². The lowest BCUT2D eigenvalue weighted by Gasteiger charge is -2.12. The molecule has 0 fully saturated rings. The number of nitrogens with zero attached hydrogens (tertiary/aromatic N) is 1. The molecule has 0 heterocycles. The van der Waals surface area contributed by atoms with Crippen LogP contribution in [0.1, 0.15) is 29.3 Å². The van der Waals surface area contributed by atoms with E-state index in [1.54, 1.807) is 36.4 Å². The van der Waals surface area contributed by atoms with Crippen molar-refractivity contribution in [1.82, 2.24) is 0 Å². The number of anilines is 1. The molecule has 2 aromatic rings. The van der Waals surface area contributed by atoms with Crippen LogP contribution >= 0.6 is 15.9 Å². The summed E-state index contributed by atoms with van der Waals surface area (Å²) in [7, 11) is 0. The number of hydrogen-bond donors (Lipinski definition) is 1. The first-order chi connectivity index (χ1) is 10.6. The summed E-state index contributed by atoms with van der Waals surface area (Å²) in [4.78, 5) is 12.5. The second-order valence-electron chi connectivity index (χ2n) is 4.64. The first-order valence-electron chi connectivity index (χ1n) is 6.88. The summed E-state index contributed by atoms with van der Waals surface area (Å²) in [5, 5.41) is 11.7. The van der Waals surface area contributed by atoms with Crippen molar-refractivity contribution in [2.75, 3.05) is 11.9 Å². The fourth-order valence-corrected chi connectivity index (χ4v) is 2.24. The third-order valence-corrected chi connectivity index (χ3v) is 3.39. The smallest absolute Gasteiger partial charge is 0.259 e. The van der Waals surface area contributed by atoms with Gasteiger partial charge in [0.1, 0.15) is 5.75 Å². The predicted octanol–water partition coefficient (Wildman–Crippen LogP) is 4.36. The third kappa shape index (κ3) is 4.09. The van der Waals surface area contributed by atoms with Gasteiger partial charge in [-0.2, -0.15) is 5.26 Å². The molecule has 2 rings (SSSR count). The molecule has 0 aliphatic carbocycles. The molecule has 1 amide bonds. The molecule has 5 heteroatoms. The summed E-state index contributed by atoms with van der Waals surface area (Å²) < 4.78 is 6.41. The van der Waals surface area contributed by atoms with Gasteiger partial charge in [0.05, 0.1) is 23.8 Å². The summed E-state index contributed by atoms with van der Waals surface area (Å²) in [6.45, 7) is 2.55. The molecule has 0 aliphatic rings. The Morgan fingerprint density at radius 3 is 2.86 bits per heavy atom. The lowest BCUT2D eigenvalue weighted by atomic mass is 10.1. The molecule has 1 N–H and O–H groups in total. The maximum absolute atomic E-state index is 12.5. The lowest BCUT2D eigenvalue weighted by Crippen LogP contribution is -2.14. The zero-order valence-electron chi connectivity index (χ0n) is 12.1. The van der Waals surface area contributed by atoms with Crippen LogP contribution in [0.15, 0.2) is 46.9 Å². The fraction of sp³-hybridized carbons (Fsp3) is 0.176. The Balaban J connectivity index is 2.24. The zero-order valence-corrected chi connectivity index (χ0v) is 13.7. The van der Waals surface area contributed by atoms with Crippen LogP contribution in [0.5, 0.6) is 5.75 Å². The van der Waals surface area contributed by atoms with E-state index in [9.17, 15) is 4.79 Å². The second-order valence-corrected chi connectivity index (χ2v) is 5.55. The summed E-state index contributed by atoms with van der Waals surface area (Å²) >= 11 is 3.36. The fourth-order valence-electron chi connectivity index (χ4n) is 1.88. The molecule has 0 saturated heterocycles. The van der Waals surface area contributed by atoms with Gasteiger partial charge in [0, 0.05) is 10.2 Å². The van der Waals surface area contributed by atoms with Gasteiger partial charge in [-0.25, -0.2) is 0 Å². The number of carbonyl (C=O) groups excluding carboxylic acids is 1.